The van der Waals surface area contributed by atoms with Crippen LogP contribution in [0.5, 0.6) is 0 Å². The van der Waals surface area contributed by atoms with Crippen molar-refractivity contribution in [2.75, 3.05) is 26.8 Å². The molecule has 0 aliphatic carbocycles. The maximum atomic E-state index is 12.3. The minimum absolute atomic E-state index is 0.0480. The van der Waals surface area contributed by atoms with Gasteiger partial charge in [0.25, 0.3) is 0 Å². The van der Waals surface area contributed by atoms with Crippen molar-refractivity contribution in [3.05, 3.63) is 34.9 Å². The molecule has 1 N–H and O–H groups in total. The van der Waals surface area contributed by atoms with Crippen LogP contribution in [0.15, 0.2) is 18.2 Å². The Labute approximate surface area is 127 Å². The predicted molar refractivity (Wildman–Crippen MR) is 84.5 cm³/mol. The average molecular weight is 290 g/mol. The number of rotatable bonds is 5. The van der Waals surface area contributed by atoms with Crippen molar-refractivity contribution >= 4 is 6.03 Å². The van der Waals surface area contributed by atoms with E-state index in [-0.39, 0.29) is 12.1 Å². The van der Waals surface area contributed by atoms with Gasteiger partial charge in [0.05, 0.1) is 6.04 Å². The fourth-order valence-electron chi connectivity index (χ4n) is 2.84. The molecule has 0 radical (unpaired) electrons. The molecule has 0 spiro atoms. The number of carbonyl (C=O) groups excluding carboxylic acids is 1. The van der Waals surface area contributed by atoms with Crippen molar-refractivity contribution in [3.63, 3.8) is 0 Å². The summed E-state index contributed by atoms with van der Waals surface area (Å²) in [5.41, 5.74) is 3.84. The number of amides is 2. The Morgan fingerprint density at radius 1 is 1.38 bits per heavy atom. The van der Waals surface area contributed by atoms with E-state index in [4.69, 9.17) is 4.74 Å². The summed E-state index contributed by atoms with van der Waals surface area (Å²) >= 11 is 0. The van der Waals surface area contributed by atoms with Gasteiger partial charge in [-0.1, -0.05) is 18.2 Å². The molecule has 1 fully saturated rings. The monoisotopic (exact) mass is 290 g/mol. The second-order valence-electron chi connectivity index (χ2n) is 5.77. The molecule has 1 aliphatic heterocycles. The second-order valence-corrected chi connectivity index (χ2v) is 5.77. The number of aryl methyl sites for hydroxylation is 2. The number of urea groups is 1. The lowest BCUT2D eigenvalue weighted by atomic mass is 9.99. The molecule has 1 aliphatic rings. The average Bonchev–Trinajstić information content (AvgIpc) is 2.96. The van der Waals surface area contributed by atoms with Crippen molar-refractivity contribution in [2.45, 2.75) is 39.2 Å². The lowest BCUT2D eigenvalue weighted by Gasteiger charge is -2.26. The second kappa shape index (κ2) is 7.46. The number of nitrogens with one attached hydrogen (secondary N) is 1. The third kappa shape index (κ3) is 3.97. The topological polar surface area (TPSA) is 41.6 Å². The summed E-state index contributed by atoms with van der Waals surface area (Å²) in [6.45, 7) is 6.44. The number of likely N-dealkylation sites (tertiary alicyclic amines) is 1. The molecule has 1 aromatic carbocycles. The van der Waals surface area contributed by atoms with Gasteiger partial charge in [-0.15, -0.1) is 0 Å². The van der Waals surface area contributed by atoms with Crippen LogP contribution in [0, 0.1) is 13.8 Å². The largest absolute Gasteiger partial charge is 0.385 e. The first kappa shape index (κ1) is 15.8. The number of nitrogens with zero attached hydrogens (tertiary/aromatic N) is 1. The van der Waals surface area contributed by atoms with Gasteiger partial charge in [-0.2, -0.15) is 0 Å². The first-order valence-electron chi connectivity index (χ1n) is 7.74. The highest BCUT2D eigenvalue weighted by Crippen LogP contribution is 2.32. The summed E-state index contributed by atoms with van der Waals surface area (Å²) in [6, 6.07) is 6.79. The molecule has 4 nitrogen and oxygen atoms in total. The highest BCUT2D eigenvalue weighted by Gasteiger charge is 2.29. The van der Waals surface area contributed by atoms with Crippen molar-refractivity contribution < 1.29 is 9.53 Å². The molecule has 1 atom stereocenters. The summed E-state index contributed by atoms with van der Waals surface area (Å²) < 4.78 is 5.00. The molecule has 0 aromatic heterocycles. The van der Waals surface area contributed by atoms with Crippen LogP contribution in [0.3, 0.4) is 0 Å². The van der Waals surface area contributed by atoms with E-state index in [1.54, 1.807) is 7.11 Å². The number of benzene rings is 1. The maximum absolute atomic E-state index is 12.3. The molecular weight excluding hydrogens is 264 g/mol. The molecular formula is C17H26N2O2. The van der Waals surface area contributed by atoms with Gasteiger partial charge in [0.1, 0.15) is 0 Å². The van der Waals surface area contributed by atoms with E-state index < -0.39 is 0 Å². The zero-order valence-corrected chi connectivity index (χ0v) is 13.3. The first-order chi connectivity index (χ1) is 10.1. The highest BCUT2D eigenvalue weighted by molar-refractivity contribution is 5.75. The summed E-state index contributed by atoms with van der Waals surface area (Å²) in [5.74, 6) is 0. The SMILES string of the molecule is COCCCNC(=O)N1CCCC1c1ccc(C)c(C)c1. The molecule has 0 bridgehead atoms. The Kier molecular flexibility index (Phi) is 5.62. The van der Waals surface area contributed by atoms with Crippen LogP contribution < -0.4 is 5.32 Å². The van der Waals surface area contributed by atoms with E-state index in [0.29, 0.717) is 13.2 Å². The minimum atomic E-state index is 0.0480. The normalized spacial score (nSPS) is 18.0. The van der Waals surface area contributed by atoms with Gasteiger partial charge in [-0.3, -0.25) is 0 Å². The standard InChI is InChI=1S/C17H26N2O2/c1-13-7-8-15(12-14(13)2)16-6-4-10-19(16)17(20)18-9-5-11-21-3/h7-8,12,16H,4-6,9-11H2,1-3H3,(H,18,20). The van der Waals surface area contributed by atoms with E-state index in [2.05, 4.69) is 37.4 Å². The van der Waals surface area contributed by atoms with Crippen molar-refractivity contribution in [1.82, 2.24) is 10.2 Å². The van der Waals surface area contributed by atoms with Crippen LogP contribution in [0.1, 0.15) is 42.0 Å². The van der Waals surface area contributed by atoms with E-state index in [0.717, 1.165) is 25.8 Å². The lowest BCUT2D eigenvalue weighted by Crippen LogP contribution is -2.40. The van der Waals surface area contributed by atoms with Gasteiger partial charge >= 0.3 is 6.03 Å². The fourth-order valence-corrected chi connectivity index (χ4v) is 2.84. The van der Waals surface area contributed by atoms with E-state index in [9.17, 15) is 4.79 Å². The smallest absolute Gasteiger partial charge is 0.317 e. The molecule has 1 saturated heterocycles. The molecule has 4 heteroatoms. The Morgan fingerprint density at radius 2 is 2.19 bits per heavy atom. The number of carbonyl (C=O) groups is 1. The van der Waals surface area contributed by atoms with E-state index in [1.807, 2.05) is 4.90 Å². The number of ether oxygens (including phenoxy) is 1. The number of methoxy groups -OCH3 is 1. The van der Waals surface area contributed by atoms with Gasteiger partial charge in [0, 0.05) is 26.8 Å². The molecule has 116 valence electrons. The first-order valence-corrected chi connectivity index (χ1v) is 7.74. The third-order valence-corrected chi connectivity index (χ3v) is 4.23. The summed E-state index contributed by atoms with van der Waals surface area (Å²) in [4.78, 5) is 14.3. The summed E-state index contributed by atoms with van der Waals surface area (Å²) in [6.07, 6.45) is 2.97. The van der Waals surface area contributed by atoms with Crippen LogP contribution in [0.25, 0.3) is 0 Å². The van der Waals surface area contributed by atoms with E-state index >= 15 is 0 Å². The fraction of sp³-hybridized carbons (Fsp3) is 0.588. The molecule has 2 rings (SSSR count). The van der Waals surface area contributed by atoms with Gasteiger partial charge in [0.15, 0.2) is 0 Å². The molecule has 1 heterocycles. The number of hydrogen-bond acceptors (Lipinski definition) is 2. The Hall–Kier alpha value is -1.55. The van der Waals surface area contributed by atoms with Gasteiger partial charge in [0.2, 0.25) is 0 Å². The Bertz CT molecular complexity index is 488. The van der Waals surface area contributed by atoms with Crippen LogP contribution in [-0.2, 0) is 4.74 Å². The number of hydrogen-bond donors (Lipinski definition) is 1. The molecule has 21 heavy (non-hydrogen) atoms. The predicted octanol–water partition coefficient (Wildman–Crippen LogP) is 3.19. The zero-order valence-electron chi connectivity index (χ0n) is 13.3. The molecule has 1 unspecified atom stereocenters. The summed E-state index contributed by atoms with van der Waals surface area (Å²) in [5, 5.41) is 2.99. The highest BCUT2D eigenvalue weighted by atomic mass is 16.5. The maximum Gasteiger partial charge on any atom is 0.317 e. The Morgan fingerprint density at radius 3 is 2.90 bits per heavy atom. The molecule has 1 aromatic rings. The zero-order chi connectivity index (χ0) is 15.2. The van der Waals surface area contributed by atoms with Crippen LogP contribution in [0.2, 0.25) is 0 Å². The quantitative estimate of drug-likeness (QED) is 0.846. The van der Waals surface area contributed by atoms with Gasteiger partial charge in [-0.05, 0) is 49.8 Å². The lowest BCUT2D eigenvalue weighted by molar-refractivity contribution is 0.182. The summed E-state index contributed by atoms with van der Waals surface area (Å²) in [7, 11) is 1.68. The van der Waals surface area contributed by atoms with Crippen LogP contribution in [-0.4, -0.2) is 37.7 Å². The molecule has 0 saturated carbocycles. The minimum Gasteiger partial charge on any atom is -0.385 e. The van der Waals surface area contributed by atoms with Crippen molar-refractivity contribution in [3.8, 4) is 0 Å². The van der Waals surface area contributed by atoms with Gasteiger partial charge < -0.3 is 15.0 Å². The van der Waals surface area contributed by atoms with E-state index in [1.165, 1.54) is 16.7 Å². The van der Waals surface area contributed by atoms with Crippen molar-refractivity contribution in [2.24, 2.45) is 0 Å². The van der Waals surface area contributed by atoms with Crippen LogP contribution in [0.4, 0.5) is 4.79 Å². The molecule has 2 amide bonds. The van der Waals surface area contributed by atoms with Gasteiger partial charge in [-0.25, -0.2) is 4.79 Å². The van der Waals surface area contributed by atoms with Crippen LogP contribution >= 0.6 is 0 Å². The van der Waals surface area contributed by atoms with Crippen molar-refractivity contribution in [1.29, 1.82) is 0 Å². The Balaban J connectivity index is 1.99. The third-order valence-electron chi connectivity index (χ3n) is 4.23.